The average Bonchev–Trinajstić information content (AvgIpc) is 2.78. The van der Waals surface area contributed by atoms with Crippen molar-refractivity contribution in [3.63, 3.8) is 0 Å². The highest BCUT2D eigenvalue weighted by molar-refractivity contribution is 5.86. The van der Waals surface area contributed by atoms with Crippen LogP contribution in [0.1, 0.15) is 26.2 Å². The van der Waals surface area contributed by atoms with Crippen LogP contribution in [-0.2, 0) is 16.0 Å². The number of aliphatic carboxylic acids is 1. The molecule has 6 heteroatoms. The first kappa shape index (κ1) is 14.0. The number of oxazole rings is 1. The Hall–Kier alpha value is -2.37. The van der Waals surface area contributed by atoms with Crippen molar-refractivity contribution < 1.29 is 19.1 Å². The molecule has 2 rings (SSSR count). The number of nitrogens with zero attached hydrogens (tertiary/aromatic N) is 1. The molecule has 1 aromatic carbocycles. The SMILES string of the molecule is CC(C)(NC(=O)CCc1nc2ccccc2o1)C(=O)O. The molecule has 0 atom stereocenters. The first-order valence-electron chi connectivity index (χ1n) is 6.27. The molecule has 0 saturated carbocycles. The van der Waals surface area contributed by atoms with Gasteiger partial charge in [-0.05, 0) is 26.0 Å². The molecule has 0 saturated heterocycles. The number of rotatable bonds is 5. The number of hydrogen-bond donors (Lipinski definition) is 2. The first-order chi connectivity index (χ1) is 9.38. The fourth-order valence-electron chi connectivity index (χ4n) is 1.71. The molecule has 106 valence electrons. The van der Waals surface area contributed by atoms with Gasteiger partial charge in [0.05, 0.1) is 0 Å². The minimum absolute atomic E-state index is 0.129. The fourth-order valence-corrected chi connectivity index (χ4v) is 1.71. The minimum atomic E-state index is -1.28. The monoisotopic (exact) mass is 276 g/mol. The summed E-state index contributed by atoms with van der Waals surface area (Å²) < 4.78 is 5.49. The van der Waals surface area contributed by atoms with Gasteiger partial charge in [-0.3, -0.25) is 4.79 Å². The Morgan fingerprint density at radius 2 is 2.05 bits per heavy atom. The van der Waals surface area contributed by atoms with Gasteiger partial charge in [-0.2, -0.15) is 0 Å². The number of amides is 1. The number of aryl methyl sites for hydroxylation is 1. The van der Waals surface area contributed by atoms with Crippen LogP contribution in [0, 0.1) is 0 Å². The summed E-state index contributed by atoms with van der Waals surface area (Å²) in [7, 11) is 0. The van der Waals surface area contributed by atoms with Crippen molar-refractivity contribution in [1.29, 1.82) is 0 Å². The second kappa shape index (κ2) is 5.32. The van der Waals surface area contributed by atoms with Gasteiger partial charge in [0.1, 0.15) is 11.1 Å². The quantitative estimate of drug-likeness (QED) is 0.867. The van der Waals surface area contributed by atoms with E-state index in [0.29, 0.717) is 17.9 Å². The highest BCUT2D eigenvalue weighted by Gasteiger charge is 2.28. The van der Waals surface area contributed by atoms with Crippen LogP contribution in [0.25, 0.3) is 11.1 Å². The zero-order chi connectivity index (χ0) is 14.8. The Morgan fingerprint density at radius 1 is 1.35 bits per heavy atom. The highest BCUT2D eigenvalue weighted by atomic mass is 16.4. The molecule has 6 nitrogen and oxygen atoms in total. The molecule has 0 aliphatic carbocycles. The van der Waals surface area contributed by atoms with Crippen LogP contribution in [0.4, 0.5) is 0 Å². The number of carboxylic acids is 1. The summed E-state index contributed by atoms with van der Waals surface area (Å²) in [4.78, 5) is 26.9. The molecule has 0 aliphatic rings. The van der Waals surface area contributed by atoms with Crippen molar-refractivity contribution in [2.24, 2.45) is 0 Å². The zero-order valence-corrected chi connectivity index (χ0v) is 11.3. The van der Waals surface area contributed by atoms with Gasteiger partial charge >= 0.3 is 5.97 Å². The summed E-state index contributed by atoms with van der Waals surface area (Å²) >= 11 is 0. The number of para-hydroxylation sites is 2. The molecule has 1 heterocycles. The van der Waals surface area contributed by atoms with E-state index in [0.717, 1.165) is 5.52 Å². The lowest BCUT2D eigenvalue weighted by Crippen LogP contribution is -2.49. The maximum Gasteiger partial charge on any atom is 0.328 e. The first-order valence-corrected chi connectivity index (χ1v) is 6.27. The summed E-state index contributed by atoms with van der Waals surface area (Å²) in [5, 5.41) is 11.4. The van der Waals surface area contributed by atoms with E-state index in [2.05, 4.69) is 10.3 Å². The summed E-state index contributed by atoms with van der Waals surface area (Å²) in [6, 6.07) is 7.34. The summed E-state index contributed by atoms with van der Waals surface area (Å²) in [5.41, 5.74) is 0.140. The van der Waals surface area contributed by atoms with Crippen LogP contribution >= 0.6 is 0 Å². The Bertz CT molecular complexity index is 612. The maximum atomic E-state index is 11.7. The van der Waals surface area contributed by atoms with Gasteiger partial charge in [-0.1, -0.05) is 12.1 Å². The molecule has 0 spiro atoms. The highest BCUT2D eigenvalue weighted by Crippen LogP contribution is 2.15. The van der Waals surface area contributed by atoms with Crippen molar-refractivity contribution in [1.82, 2.24) is 10.3 Å². The number of fused-ring (bicyclic) bond motifs is 1. The number of nitrogens with one attached hydrogen (secondary N) is 1. The Labute approximate surface area is 115 Å². The van der Waals surface area contributed by atoms with Gasteiger partial charge in [-0.25, -0.2) is 9.78 Å². The lowest BCUT2D eigenvalue weighted by atomic mass is 10.1. The molecule has 2 aromatic rings. The normalized spacial score (nSPS) is 11.5. The van der Waals surface area contributed by atoms with Crippen molar-refractivity contribution in [2.75, 3.05) is 0 Å². The van der Waals surface area contributed by atoms with E-state index in [-0.39, 0.29) is 12.3 Å². The third-order valence-corrected chi connectivity index (χ3v) is 2.89. The average molecular weight is 276 g/mol. The molecule has 0 aliphatic heterocycles. The number of carboxylic acid groups (broad SMARTS) is 1. The van der Waals surface area contributed by atoms with Gasteiger partial charge in [0.2, 0.25) is 5.91 Å². The van der Waals surface area contributed by atoms with Crippen LogP contribution < -0.4 is 5.32 Å². The Kier molecular flexibility index (Phi) is 3.74. The van der Waals surface area contributed by atoms with E-state index in [1.165, 1.54) is 13.8 Å². The number of carbonyl (C=O) groups is 2. The molecule has 1 aromatic heterocycles. The molecule has 0 fully saturated rings. The molecule has 0 bridgehead atoms. The van der Waals surface area contributed by atoms with Crippen LogP contribution in [0.5, 0.6) is 0 Å². The van der Waals surface area contributed by atoms with Gasteiger partial charge in [0.25, 0.3) is 0 Å². The lowest BCUT2D eigenvalue weighted by molar-refractivity contribution is -0.146. The topological polar surface area (TPSA) is 92.4 Å². The maximum absolute atomic E-state index is 11.7. The van der Waals surface area contributed by atoms with Gasteiger partial charge in [0, 0.05) is 12.8 Å². The number of carbonyl (C=O) groups excluding carboxylic acids is 1. The van der Waals surface area contributed by atoms with E-state index in [1.807, 2.05) is 18.2 Å². The molecule has 1 amide bonds. The second-order valence-electron chi connectivity index (χ2n) is 5.05. The van der Waals surface area contributed by atoms with Gasteiger partial charge in [-0.15, -0.1) is 0 Å². The van der Waals surface area contributed by atoms with Crippen molar-refractivity contribution in [3.05, 3.63) is 30.2 Å². The number of aromatic nitrogens is 1. The molecular formula is C14H16N2O4. The number of benzene rings is 1. The number of hydrogen-bond acceptors (Lipinski definition) is 4. The van der Waals surface area contributed by atoms with E-state index in [4.69, 9.17) is 9.52 Å². The third-order valence-electron chi connectivity index (χ3n) is 2.89. The molecule has 20 heavy (non-hydrogen) atoms. The van der Waals surface area contributed by atoms with E-state index in [1.54, 1.807) is 6.07 Å². The standard InChI is InChI=1S/C14H16N2O4/c1-14(2,13(18)19)16-11(17)7-8-12-15-9-5-3-4-6-10(9)20-12/h3-6H,7-8H2,1-2H3,(H,16,17)(H,18,19). The lowest BCUT2D eigenvalue weighted by Gasteiger charge is -2.20. The smallest absolute Gasteiger partial charge is 0.328 e. The predicted molar refractivity (Wildman–Crippen MR) is 72.2 cm³/mol. The molecule has 2 N–H and O–H groups in total. The Balaban J connectivity index is 1.95. The molecule has 0 radical (unpaired) electrons. The second-order valence-corrected chi connectivity index (χ2v) is 5.05. The third kappa shape index (κ3) is 3.14. The van der Waals surface area contributed by atoms with Crippen LogP contribution in [0.3, 0.4) is 0 Å². The van der Waals surface area contributed by atoms with Crippen molar-refractivity contribution in [2.45, 2.75) is 32.2 Å². The van der Waals surface area contributed by atoms with Crippen molar-refractivity contribution >= 4 is 23.0 Å². The zero-order valence-electron chi connectivity index (χ0n) is 11.3. The van der Waals surface area contributed by atoms with Gasteiger partial charge < -0.3 is 14.8 Å². The van der Waals surface area contributed by atoms with Gasteiger partial charge in [0.15, 0.2) is 11.5 Å². The van der Waals surface area contributed by atoms with E-state index >= 15 is 0 Å². The predicted octanol–water partition coefficient (Wildman–Crippen LogP) is 1.74. The molecule has 0 unspecified atom stereocenters. The minimum Gasteiger partial charge on any atom is -0.480 e. The summed E-state index contributed by atoms with van der Waals surface area (Å²) in [6.45, 7) is 2.87. The summed E-state index contributed by atoms with van der Waals surface area (Å²) in [6.07, 6.45) is 0.458. The summed E-state index contributed by atoms with van der Waals surface area (Å²) in [5.74, 6) is -0.957. The largest absolute Gasteiger partial charge is 0.480 e. The van der Waals surface area contributed by atoms with Crippen LogP contribution in [0.2, 0.25) is 0 Å². The molecular weight excluding hydrogens is 260 g/mol. The van der Waals surface area contributed by atoms with E-state index < -0.39 is 11.5 Å². The fraction of sp³-hybridized carbons (Fsp3) is 0.357. The van der Waals surface area contributed by atoms with Crippen LogP contribution in [0.15, 0.2) is 28.7 Å². The Morgan fingerprint density at radius 3 is 2.70 bits per heavy atom. The van der Waals surface area contributed by atoms with Crippen molar-refractivity contribution in [3.8, 4) is 0 Å². The van der Waals surface area contributed by atoms with Crippen LogP contribution in [-0.4, -0.2) is 27.5 Å². The van der Waals surface area contributed by atoms with E-state index in [9.17, 15) is 9.59 Å².